The summed E-state index contributed by atoms with van der Waals surface area (Å²) in [7, 11) is 0. The summed E-state index contributed by atoms with van der Waals surface area (Å²) >= 11 is 6.12. The quantitative estimate of drug-likeness (QED) is 0.243. The van der Waals surface area contributed by atoms with Crippen molar-refractivity contribution < 1.29 is 24.2 Å². The van der Waals surface area contributed by atoms with Crippen LogP contribution in [0.5, 0.6) is 11.5 Å². The molecule has 0 aliphatic carbocycles. The lowest BCUT2D eigenvalue weighted by Crippen LogP contribution is -2.29. The smallest absolute Gasteiger partial charge is 0.300 e. The fourth-order valence-electron chi connectivity index (χ4n) is 4.10. The van der Waals surface area contributed by atoms with Gasteiger partial charge in [-0.3, -0.25) is 14.5 Å². The van der Waals surface area contributed by atoms with Gasteiger partial charge in [0.05, 0.1) is 24.3 Å². The van der Waals surface area contributed by atoms with Gasteiger partial charge < -0.3 is 14.6 Å². The molecule has 1 amide bonds. The Morgan fingerprint density at radius 3 is 2.37 bits per heavy atom. The van der Waals surface area contributed by atoms with Crippen LogP contribution in [0.3, 0.4) is 0 Å². The molecule has 1 aliphatic rings. The summed E-state index contributed by atoms with van der Waals surface area (Å²) in [4.78, 5) is 28.0. The maximum absolute atomic E-state index is 13.3. The third kappa shape index (κ3) is 5.03. The van der Waals surface area contributed by atoms with Crippen LogP contribution in [0, 0.1) is 0 Å². The number of nitrogens with zero attached hydrogens (tertiary/aromatic N) is 1. The Hall–Kier alpha value is -3.77. The highest BCUT2D eigenvalue weighted by Gasteiger charge is 2.47. The average Bonchev–Trinajstić information content (AvgIpc) is 3.09. The predicted octanol–water partition coefficient (Wildman–Crippen LogP) is 6.15. The molecule has 0 saturated carbocycles. The highest BCUT2D eigenvalue weighted by molar-refractivity contribution is 6.51. The lowest BCUT2D eigenvalue weighted by atomic mass is 9.95. The molecule has 0 radical (unpaired) electrons. The number of anilines is 1. The predicted molar refractivity (Wildman–Crippen MR) is 136 cm³/mol. The first kappa shape index (κ1) is 24.4. The zero-order valence-electron chi connectivity index (χ0n) is 19.7. The van der Waals surface area contributed by atoms with Crippen molar-refractivity contribution in [2.45, 2.75) is 32.9 Å². The average molecular weight is 492 g/mol. The van der Waals surface area contributed by atoms with E-state index in [1.165, 1.54) is 4.90 Å². The SMILES string of the molecule is CCOc1cccc(N2C(=O)C(=O)/C(=C(/O)c3cccc(Cl)c3)C2c2ccc(OC(C)C)cc2)c1. The van der Waals surface area contributed by atoms with E-state index in [1.54, 1.807) is 72.8 Å². The number of benzene rings is 3. The van der Waals surface area contributed by atoms with Crippen molar-refractivity contribution in [3.05, 3.63) is 94.5 Å². The van der Waals surface area contributed by atoms with Gasteiger partial charge in [-0.1, -0.05) is 41.9 Å². The molecule has 180 valence electrons. The first-order chi connectivity index (χ1) is 16.8. The molecule has 35 heavy (non-hydrogen) atoms. The van der Waals surface area contributed by atoms with Gasteiger partial charge in [-0.25, -0.2) is 0 Å². The largest absolute Gasteiger partial charge is 0.507 e. The summed E-state index contributed by atoms with van der Waals surface area (Å²) in [6, 6.07) is 19.8. The van der Waals surface area contributed by atoms with E-state index < -0.39 is 17.7 Å². The molecule has 0 spiro atoms. The summed E-state index contributed by atoms with van der Waals surface area (Å²) in [5.41, 5.74) is 1.46. The van der Waals surface area contributed by atoms with Crippen molar-refractivity contribution in [3.8, 4) is 11.5 Å². The lowest BCUT2D eigenvalue weighted by molar-refractivity contribution is -0.132. The second-order valence-electron chi connectivity index (χ2n) is 8.35. The monoisotopic (exact) mass is 491 g/mol. The molecule has 1 aliphatic heterocycles. The molecule has 7 heteroatoms. The Bertz CT molecular complexity index is 1280. The van der Waals surface area contributed by atoms with E-state index in [9.17, 15) is 14.7 Å². The maximum Gasteiger partial charge on any atom is 0.300 e. The molecule has 1 heterocycles. The summed E-state index contributed by atoms with van der Waals surface area (Å²) in [5, 5.41) is 11.6. The van der Waals surface area contributed by atoms with Gasteiger partial charge in [0.25, 0.3) is 11.7 Å². The number of Topliss-reactive ketones (excluding diaryl/α,β-unsaturated/α-hetero) is 1. The Morgan fingerprint density at radius 1 is 1.00 bits per heavy atom. The minimum Gasteiger partial charge on any atom is -0.507 e. The molecule has 1 unspecified atom stereocenters. The van der Waals surface area contributed by atoms with Crippen LogP contribution in [0.15, 0.2) is 78.4 Å². The number of hydrogen-bond acceptors (Lipinski definition) is 5. The number of halogens is 1. The number of aliphatic hydroxyl groups excluding tert-OH is 1. The number of rotatable bonds is 7. The van der Waals surface area contributed by atoms with Crippen LogP contribution < -0.4 is 14.4 Å². The van der Waals surface area contributed by atoms with Gasteiger partial charge in [0.1, 0.15) is 17.3 Å². The molecule has 1 atom stereocenters. The summed E-state index contributed by atoms with van der Waals surface area (Å²) < 4.78 is 11.3. The van der Waals surface area contributed by atoms with Crippen LogP contribution in [0.25, 0.3) is 5.76 Å². The van der Waals surface area contributed by atoms with Crippen molar-refractivity contribution in [2.75, 3.05) is 11.5 Å². The van der Waals surface area contributed by atoms with E-state index in [1.807, 2.05) is 20.8 Å². The van der Waals surface area contributed by atoms with Gasteiger partial charge in [-0.15, -0.1) is 0 Å². The molecule has 4 rings (SSSR count). The second kappa shape index (κ2) is 10.2. The number of ketones is 1. The van der Waals surface area contributed by atoms with Crippen LogP contribution in [-0.2, 0) is 9.59 Å². The molecule has 1 fully saturated rings. The van der Waals surface area contributed by atoms with E-state index in [2.05, 4.69) is 0 Å². The maximum atomic E-state index is 13.3. The number of ether oxygens (including phenoxy) is 2. The summed E-state index contributed by atoms with van der Waals surface area (Å²) in [6.07, 6.45) is -0.00406. The standard InChI is InChI=1S/C28H26ClNO5/c1-4-34-23-10-6-9-21(16-23)30-25(18-11-13-22(14-12-18)35-17(2)3)24(27(32)28(30)33)26(31)19-7-5-8-20(29)15-19/h5-17,25,31H,4H2,1-3H3/b26-24+. The molecule has 0 aromatic heterocycles. The zero-order valence-corrected chi connectivity index (χ0v) is 20.5. The van der Waals surface area contributed by atoms with Crippen LogP contribution in [-0.4, -0.2) is 29.5 Å². The van der Waals surface area contributed by atoms with Crippen LogP contribution >= 0.6 is 11.6 Å². The summed E-state index contributed by atoms with van der Waals surface area (Å²) in [5.74, 6) is -0.580. The van der Waals surface area contributed by atoms with Crippen molar-refractivity contribution in [1.82, 2.24) is 0 Å². The van der Waals surface area contributed by atoms with Crippen molar-refractivity contribution in [1.29, 1.82) is 0 Å². The highest BCUT2D eigenvalue weighted by Crippen LogP contribution is 2.43. The minimum atomic E-state index is -0.862. The fourth-order valence-corrected chi connectivity index (χ4v) is 4.29. The normalized spacial score (nSPS) is 17.2. The number of carbonyl (C=O) groups is 2. The summed E-state index contributed by atoms with van der Waals surface area (Å²) in [6.45, 7) is 6.18. The Balaban J connectivity index is 1.89. The van der Waals surface area contributed by atoms with E-state index in [-0.39, 0.29) is 17.4 Å². The van der Waals surface area contributed by atoms with Gasteiger partial charge in [-0.05, 0) is 62.7 Å². The minimum absolute atomic E-state index is 0.00406. The van der Waals surface area contributed by atoms with Gasteiger partial charge >= 0.3 is 0 Å². The second-order valence-corrected chi connectivity index (χ2v) is 8.78. The van der Waals surface area contributed by atoms with Crippen molar-refractivity contribution >= 4 is 34.7 Å². The lowest BCUT2D eigenvalue weighted by Gasteiger charge is -2.26. The van der Waals surface area contributed by atoms with Gasteiger partial charge in [0.2, 0.25) is 0 Å². The van der Waals surface area contributed by atoms with Crippen LogP contribution in [0.4, 0.5) is 5.69 Å². The Kier molecular flexibility index (Phi) is 7.12. The molecule has 1 N–H and O–H groups in total. The van der Waals surface area contributed by atoms with Crippen LogP contribution in [0.2, 0.25) is 5.02 Å². The third-order valence-electron chi connectivity index (χ3n) is 5.52. The zero-order chi connectivity index (χ0) is 25.1. The third-order valence-corrected chi connectivity index (χ3v) is 5.75. The first-order valence-corrected chi connectivity index (χ1v) is 11.7. The Morgan fingerprint density at radius 2 is 1.71 bits per heavy atom. The van der Waals surface area contributed by atoms with E-state index in [0.29, 0.717) is 39.9 Å². The van der Waals surface area contributed by atoms with Crippen molar-refractivity contribution in [3.63, 3.8) is 0 Å². The molecule has 1 saturated heterocycles. The van der Waals surface area contributed by atoms with E-state index in [4.69, 9.17) is 21.1 Å². The van der Waals surface area contributed by atoms with E-state index >= 15 is 0 Å². The van der Waals surface area contributed by atoms with Gasteiger partial charge in [0.15, 0.2) is 0 Å². The highest BCUT2D eigenvalue weighted by atomic mass is 35.5. The Labute approximate surface area is 209 Å². The topological polar surface area (TPSA) is 76.1 Å². The molecule has 3 aromatic rings. The number of hydrogen-bond donors (Lipinski definition) is 1. The first-order valence-electron chi connectivity index (χ1n) is 11.4. The number of amides is 1. The number of carbonyl (C=O) groups excluding carboxylic acids is 2. The van der Waals surface area contributed by atoms with Gasteiger partial charge in [-0.2, -0.15) is 0 Å². The van der Waals surface area contributed by atoms with Crippen molar-refractivity contribution in [2.24, 2.45) is 0 Å². The fraction of sp³-hybridized carbons (Fsp3) is 0.214. The van der Waals surface area contributed by atoms with Gasteiger partial charge in [0, 0.05) is 22.3 Å². The molecule has 3 aromatic carbocycles. The molecular weight excluding hydrogens is 466 g/mol. The molecule has 0 bridgehead atoms. The number of aliphatic hydroxyl groups is 1. The van der Waals surface area contributed by atoms with E-state index in [0.717, 1.165) is 0 Å². The molecular formula is C28H26ClNO5. The molecule has 6 nitrogen and oxygen atoms in total. The van der Waals surface area contributed by atoms with Crippen LogP contribution in [0.1, 0.15) is 37.9 Å².